The fourth-order valence-electron chi connectivity index (χ4n) is 8.02. The number of primary amides is 1. The van der Waals surface area contributed by atoms with Crippen LogP contribution in [0.4, 0.5) is 0 Å². The number of fused-ring (bicyclic) bond motifs is 3. The van der Waals surface area contributed by atoms with Crippen molar-refractivity contribution in [1.82, 2.24) is 10.2 Å². The zero-order valence-electron chi connectivity index (χ0n) is 24.5. The largest absolute Gasteiger partial charge is 0.510 e. The summed E-state index contributed by atoms with van der Waals surface area (Å²) in [6, 6.07) is 2.79. The number of nitrogens with two attached hydrogens (primary N) is 1. The molecule has 0 radical (unpaired) electrons. The number of nitrogens with zero attached hydrogens (tertiary/aromatic N) is 1. The number of hydrogen-bond donors (Lipinski definition) is 6. The molecule has 4 atom stereocenters. The number of ketones is 2. The second-order valence-corrected chi connectivity index (χ2v) is 12.9. The van der Waals surface area contributed by atoms with Crippen molar-refractivity contribution in [3.63, 3.8) is 0 Å². The Morgan fingerprint density at radius 3 is 2.49 bits per heavy atom. The summed E-state index contributed by atoms with van der Waals surface area (Å²) in [5, 5.41) is 48.8. The standard InChI is InChI=1S/C33H39N3O7/c1-36(2)27-22-14-18-13-21-20(17-9-8-16(12-17)15-35-19-6-4-3-5-7-19)10-11-23(37)25(21)28(38)24(18)30(40)33(22,43)31(41)26(29(27)39)32(34)42/h8-11,18-19,22,27,35,37,39-40,43H,3-7,12-15H2,1-2H3,(H2,34,42)/t18-,22-,27+,33-/m0/s1. The van der Waals surface area contributed by atoms with E-state index < -0.39 is 58.0 Å². The van der Waals surface area contributed by atoms with Gasteiger partial charge in [0.2, 0.25) is 5.78 Å². The number of benzene rings is 1. The molecule has 228 valence electrons. The second-order valence-electron chi connectivity index (χ2n) is 12.9. The highest BCUT2D eigenvalue weighted by atomic mass is 16.3. The smallest absolute Gasteiger partial charge is 0.255 e. The van der Waals surface area contributed by atoms with Crippen molar-refractivity contribution in [2.75, 3.05) is 20.6 Å². The van der Waals surface area contributed by atoms with Gasteiger partial charge in [0.05, 0.1) is 11.6 Å². The molecule has 1 fully saturated rings. The van der Waals surface area contributed by atoms with Gasteiger partial charge in [-0.25, -0.2) is 0 Å². The van der Waals surface area contributed by atoms with Gasteiger partial charge in [-0.15, -0.1) is 0 Å². The summed E-state index contributed by atoms with van der Waals surface area (Å²) in [6.07, 6.45) is 11.4. The summed E-state index contributed by atoms with van der Waals surface area (Å²) in [7, 11) is 3.23. The first-order chi connectivity index (χ1) is 20.4. The van der Waals surface area contributed by atoms with Crippen molar-refractivity contribution in [2.45, 2.75) is 69.1 Å². The average Bonchev–Trinajstić information content (AvgIpc) is 3.43. The number of carbonyl (C=O) groups excluding carboxylic acids is 3. The number of phenolic OH excluding ortho intramolecular Hbond substituents is 1. The second kappa shape index (κ2) is 10.8. The van der Waals surface area contributed by atoms with Crippen molar-refractivity contribution < 1.29 is 34.8 Å². The monoisotopic (exact) mass is 589 g/mol. The maximum absolute atomic E-state index is 14.0. The molecule has 1 saturated carbocycles. The van der Waals surface area contributed by atoms with Crippen LogP contribution in [0.15, 0.2) is 52.5 Å². The Bertz CT molecular complexity index is 1550. The van der Waals surface area contributed by atoms with Gasteiger partial charge in [-0.3, -0.25) is 19.3 Å². The highest BCUT2D eigenvalue weighted by molar-refractivity contribution is 6.24. The lowest BCUT2D eigenvalue weighted by Gasteiger charge is -2.50. The molecule has 1 aromatic rings. The number of allylic oxidation sites excluding steroid dienone is 4. The number of nitrogens with one attached hydrogen (secondary N) is 1. The van der Waals surface area contributed by atoms with E-state index in [0.717, 1.165) is 17.7 Å². The number of carbonyl (C=O) groups is 3. The minimum atomic E-state index is -2.64. The number of likely N-dealkylation sites (N-methyl/N-ethyl adjacent to an activating group) is 1. The van der Waals surface area contributed by atoms with Crippen molar-refractivity contribution >= 4 is 23.0 Å². The van der Waals surface area contributed by atoms with Gasteiger partial charge in [-0.05, 0) is 74.9 Å². The normalized spacial score (nSPS) is 29.3. The molecule has 10 heteroatoms. The minimum Gasteiger partial charge on any atom is -0.510 e. The highest BCUT2D eigenvalue weighted by Crippen LogP contribution is 2.53. The predicted molar refractivity (Wildman–Crippen MR) is 159 cm³/mol. The van der Waals surface area contributed by atoms with Crippen LogP contribution >= 0.6 is 0 Å². The molecular formula is C33H39N3O7. The molecule has 0 aromatic heterocycles. The highest BCUT2D eigenvalue weighted by Gasteiger charge is 2.63. The number of rotatable bonds is 6. The molecule has 5 aliphatic carbocycles. The minimum absolute atomic E-state index is 0.0352. The van der Waals surface area contributed by atoms with E-state index in [2.05, 4.69) is 11.4 Å². The number of phenols is 1. The fourth-order valence-corrected chi connectivity index (χ4v) is 8.02. The summed E-state index contributed by atoms with van der Waals surface area (Å²) >= 11 is 0. The molecular weight excluding hydrogens is 550 g/mol. The molecule has 1 amide bonds. The Kier molecular flexibility index (Phi) is 7.35. The number of Topliss-reactive ketones (excluding diaryl/α,β-unsaturated/α-hetero) is 2. The van der Waals surface area contributed by atoms with Gasteiger partial charge >= 0.3 is 0 Å². The third-order valence-corrected chi connectivity index (χ3v) is 10.1. The summed E-state index contributed by atoms with van der Waals surface area (Å²) in [5.41, 5.74) is 5.60. The SMILES string of the molecule is CN(C)[C@H]1C(O)=C(C(N)=O)C(=O)[C@@]2(O)C(O)=C3C(=O)c4c(O)ccc(C5=CC=C(CNC6CCCCC6)C5)c4C[C@H]3C[C@@H]12. The molecule has 0 bridgehead atoms. The summed E-state index contributed by atoms with van der Waals surface area (Å²) in [5.74, 6) is -6.49. The van der Waals surface area contributed by atoms with Crippen LogP contribution in [0.5, 0.6) is 5.75 Å². The van der Waals surface area contributed by atoms with E-state index in [9.17, 15) is 34.8 Å². The van der Waals surface area contributed by atoms with E-state index in [0.29, 0.717) is 18.0 Å². The predicted octanol–water partition coefficient (Wildman–Crippen LogP) is 2.76. The topological polar surface area (TPSA) is 173 Å². The lowest BCUT2D eigenvalue weighted by atomic mass is 9.58. The van der Waals surface area contributed by atoms with Crippen molar-refractivity contribution in [1.29, 1.82) is 0 Å². The molecule has 5 aliphatic rings. The lowest BCUT2D eigenvalue weighted by Crippen LogP contribution is -2.63. The van der Waals surface area contributed by atoms with E-state index in [-0.39, 0.29) is 29.7 Å². The van der Waals surface area contributed by atoms with Crippen LogP contribution in [0.3, 0.4) is 0 Å². The van der Waals surface area contributed by atoms with Gasteiger partial charge in [-0.1, -0.05) is 43.1 Å². The van der Waals surface area contributed by atoms with E-state index in [4.69, 9.17) is 5.73 Å². The maximum atomic E-state index is 14.0. The lowest BCUT2D eigenvalue weighted by molar-refractivity contribution is -0.148. The summed E-state index contributed by atoms with van der Waals surface area (Å²) < 4.78 is 0. The number of aliphatic hydroxyl groups excluding tert-OH is 2. The summed E-state index contributed by atoms with van der Waals surface area (Å²) in [4.78, 5) is 41.2. The summed E-state index contributed by atoms with van der Waals surface area (Å²) in [6.45, 7) is 0.789. The van der Waals surface area contributed by atoms with Crippen molar-refractivity contribution in [3.8, 4) is 5.75 Å². The number of aromatic hydroxyl groups is 1. The Morgan fingerprint density at radius 1 is 1.09 bits per heavy atom. The molecule has 0 unspecified atom stereocenters. The van der Waals surface area contributed by atoms with Gasteiger partial charge in [-0.2, -0.15) is 0 Å². The first-order valence-electron chi connectivity index (χ1n) is 15.1. The third kappa shape index (κ3) is 4.54. The van der Waals surface area contributed by atoms with Crippen molar-refractivity contribution in [3.05, 3.63) is 69.2 Å². The molecule has 43 heavy (non-hydrogen) atoms. The van der Waals surface area contributed by atoms with E-state index in [1.54, 1.807) is 19.0 Å². The Labute approximate surface area is 250 Å². The van der Waals surface area contributed by atoms with Crippen LogP contribution in [0.25, 0.3) is 5.57 Å². The van der Waals surface area contributed by atoms with Crippen LogP contribution in [0.1, 0.15) is 66.4 Å². The third-order valence-electron chi connectivity index (χ3n) is 10.1. The van der Waals surface area contributed by atoms with Gasteiger partial charge < -0.3 is 31.5 Å². The Hall–Kier alpha value is -3.73. The van der Waals surface area contributed by atoms with Gasteiger partial charge in [0.1, 0.15) is 22.8 Å². The van der Waals surface area contributed by atoms with Crippen LogP contribution in [-0.2, 0) is 16.0 Å². The molecule has 10 nitrogen and oxygen atoms in total. The molecule has 0 spiro atoms. The van der Waals surface area contributed by atoms with Crippen LogP contribution < -0.4 is 11.1 Å². The molecule has 1 aromatic carbocycles. The van der Waals surface area contributed by atoms with Gasteiger partial charge in [0.15, 0.2) is 11.4 Å². The quantitative estimate of drug-likeness (QED) is 0.273. The molecule has 0 heterocycles. The molecule has 6 rings (SSSR count). The zero-order valence-corrected chi connectivity index (χ0v) is 24.5. The number of aliphatic hydroxyl groups is 3. The van der Waals surface area contributed by atoms with Crippen LogP contribution in [0.2, 0.25) is 0 Å². The van der Waals surface area contributed by atoms with Gasteiger partial charge in [0, 0.05) is 24.1 Å². The number of amides is 1. The first kappa shape index (κ1) is 29.3. The van der Waals surface area contributed by atoms with Crippen molar-refractivity contribution in [2.24, 2.45) is 17.6 Å². The molecule has 0 saturated heterocycles. The molecule has 7 N–H and O–H groups in total. The van der Waals surface area contributed by atoms with E-state index >= 15 is 0 Å². The van der Waals surface area contributed by atoms with Crippen LogP contribution in [0, 0.1) is 11.8 Å². The number of hydrogen-bond acceptors (Lipinski definition) is 9. The average molecular weight is 590 g/mol. The fraction of sp³-hybridized carbons (Fsp3) is 0.485. The molecule has 0 aliphatic heterocycles. The Morgan fingerprint density at radius 2 is 1.81 bits per heavy atom. The maximum Gasteiger partial charge on any atom is 0.255 e. The first-order valence-corrected chi connectivity index (χ1v) is 15.1. The van der Waals surface area contributed by atoms with E-state index in [1.165, 1.54) is 43.7 Å². The van der Waals surface area contributed by atoms with E-state index in [1.807, 2.05) is 12.1 Å². The zero-order chi connectivity index (χ0) is 30.8. The van der Waals surface area contributed by atoms with Gasteiger partial charge in [0.25, 0.3) is 5.91 Å². The Balaban J connectivity index is 1.34. The van der Waals surface area contributed by atoms with Crippen LogP contribution in [-0.4, -0.2) is 81.1 Å².